The van der Waals surface area contributed by atoms with Crippen molar-refractivity contribution in [3.8, 4) is 0 Å². The number of rotatable bonds is 5. The van der Waals surface area contributed by atoms with Crippen LogP contribution < -0.4 is 5.32 Å². The third-order valence-electron chi connectivity index (χ3n) is 3.04. The Labute approximate surface area is 106 Å². The average Bonchev–Trinajstić information content (AvgIpc) is 2.23. The van der Waals surface area contributed by atoms with Crippen molar-refractivity contribution in [2.45, 2.75) is 31.5 Å². The first-order valence-corrected chi connectivity index (χ1v) is 6.64. The number of benzene rings is 1. The summed E-state index contributed by atoms with van der Waals surface area (Å²) in [5, 5.41) is 3.20. The summed E-state index contributed by atoms with van der Waals surface area (Å²) in [7, 11) is 1.97. The number of hydrogen-bond donors (Lipinski definition) is 1. The molecule has 3 heteroatoms. The van der Waals surface area contributed by atoms with Crippen molar-refractivity contribution in [2.24, 2.45) is 0 Å². The van der Waals surface area contributed by atoms with E-state index < -0.39 is 0 Å². The molecule has 1 saturated carbocycles. The maximum absolute atomic E-state index is 6.07. The van der Waals surface area contributed by atoms with Gasteiger partial charge < -0.3 is 10.1 Å². The fourth-order valence-electron chi connectivity index (χ4n) is 1.85. The highest BCUT2D eigenvalue weighted by atomic mass is 79.9. The van der Waals surface area contributed by atoms with E-state index in [1.54, 1.807) is 0 Å². The quantitative estimate of drug-likeness (QED) is 0.896. The molecule has 0 spiro atoms. The van der Waals surface area contributed by atoms with E-state index in [0.29, 0.717) is 6.10 Å². The van der Waals surface area contributed by atoms with Crippen LogP contribution in [0.4, 0.5) is 0 Å². The Morgan fingerprint density at radius 1 is 1.38 bits per heavy atom. The molecule has 1 aliphatic rings. The number of ether oxygens (including phenoxy) is 1. The summed E-state index contributed by atoms with van der Waals surface area (Å²) in [6.07, 6.45) is 4.41. The zero-order chi connectivity index (χ0) is 11.4. The molecular formula is C13H18BrNO. The number of likely N-dealkylation sites (N-methyl/N-ethyl adjacent to an activating group) is 1. The fraction of sp³-hybridized carbons (Fsp3) is 0.538. The lowest BCUT2D eigenvalue weighted by molar-refractivity contribution is -0.0513. The molecule has 0 heterocycles. The second kappa shape index (κ2) is 5.80. The first-order valence-electron chi connectivity index (χ1n) is 5.85. The highest BCUT2D eigenvalue weighted by molar-refractivity contribution is 9.10. The SMILES string of the molecule is CNCC(OC1CCC1)c1ccc(Br)cc1. The minimum absolute atomic E-state index is 0.184. The normalized spacial score (nSPS) is 18.1. The summed E-state index contributed by atoms with van der Waals surface area (Å²) in [5.74, 6) is 0. The molecule has 0 amide bonds. The summed E-state index contributed by atoms with van der Waals surface area (Å²) in [6.45, 7) is 0.873. The van der Waals surface area contributed by atoms with Gasteiger partial charge in [-0.1, -0.05) is 28.1 Å². The standard InChI is InChI=1S/C13H18BrNO/c1-15-9-13(16-12-3-2-4-12)10-5-7-11(14)8-6-10/h5-8,12-13,15H,2-4,9H2,1H3. The fourth-order valence-corrected chi connectivity index (χ4v) is 2.11. The average molecular weight is 284 g/mol. The van der Waals surface area contributed by atoms with Crippen molar-refractivity contribution < 1.29 is 4.74 Å². The Morgan fingerprint density at radius 3 is 2.56 bits per heavy atom. The maximum atomic E-state index is 6.07. The Hall–Kier alpha value is -0.380. The summed E-state index contributed by atoms with van der Waals surface area (Å²) in [5.41, 5.74) is 1.25. The highest BCUT2D eigenvalue weighted by Gasteiger charge is 2.23. The minimum atomic E-state index is 0.184. The topological polar surface area (TPSA) is 21.3 Å². The third-order valence-corrected chi connectivity index (χ3v) is 3.57. The van der Waals surface area contributed by atoms with Gasteiger partial charge in [0, 0.05) is 11.0 Å². The molecule has 16 heavy (non-hydrogen) atoms. The molecule has 0 bridgehead atoms. The van der Waals surface area contributed by atoms with E-state index >= 15 is 0 Å². The van der Waals surface area contributed by atoms with Crippen LogP contribution in [0.3, 0.4) is 0 Å². The second-order valence-electron chi connectivity index (χ2n) is 4.29. The molecule has 1 unspecified atom stereocenters. The van der Waals surface area contributed by atoms with Crippen LogP contribution in [0, 0.1) is 0 Å². The monoisotopic (exact) mass is 283 g/mol. The van der Waals surface area contributed by atoms with Crippen molar-refractivity contribution in [3.05, 3.63) is 34.3 Å². The van der Waals surface area contributed by atoms with Gasteiger partial charge in [0.15, 0.2) is 0 Å². The number of nitrogens with one attached hydrogen (secondary N) is 1. The molecule has 1 N–H and O–H groups in total. The van der Waals surface area contributed by atoms with Crippen LogP contribution >= 0.6 is 15.9 Å². The predicted molar refractivity (Wildman–Crippen MR) is 69.5 cm³/mol. The van der Waals surface area contributed by atoms with Crippen LogP contribution in [-0.2, 0) is 4.74 Å². The Kier molecular flexibility index (Phi) is 4.38. The summed E-state index contributed by atoms with van der Waals surface area (Å²) in [6, 6.07) is 8.40. The van der Waals surface area contributed by atoms with Crippen LogP contribution in [0.25, 0.3) is 0 Å². The van der Waals surface area contributed by atoms with Crippen molar-refractivity contribution in [1.82, 2.24) is 5.32 Å². The van der Waals surface area contributed by atoms with E-state index in [1.807, 2.05) is 7.05 Å². The molecule has 1 atom stereocenters. The molecule has 2 rings (SSSR count). The molecular weight excluding hydrogens is 266 g/mol. The maximum Gasteiger partial charge on any atom is 0.0952 e. The largest absolute Gasteiger partial charge is 0.369 e. The summed E-state index contributed by atoms with van der Waals surface area (Å²) >= 11 is 3.45. The van der Waals surface area contributed by atoms with Crippen LogP contribution in [0.15, 0.2) is 28.7 Å². The molecule has 1 fully saturated rings. The van der Waals surface area contributed by atoms with Crippen molar-refractivity contribution in [3.63, 3.8) is 0 Å². The highest BCUT2D eigenvalue weighted by Crippen LogP contribution is 2.29. The molecule has 1 aromatic carbocycles. The number of halogens is 1. The van der Waals surface area contributed by atoms with Gasteiger partial charge in [-0.3, -0.25) is 0 Å². The smallest absolute Gasteiger partial charge is 0.0952 e. The lowest BCUT2D eigenvalue weighted by atomic mass is 9.95. The van der Waals surface area contributed by atoms with Gasteiger partial charge in [0.05, 0.1) is 12.2 Å². The molecule has 0 aromatic heterocycles. The van der Waals surface area contributed by atoms with E-state index in [0.717, 1.165) is 11.0 Å². The molecule has 0 radical (unpaired) electrons. The zero-order valence-electron chi connectivity index (χ0n) is 9.58. The lowest BCUT2D eigenvalue weighted by Crippen LogP contribution is -2.28. The van der Waals surface area contributed by atoms with Gasteiger partial charge in [-0.2, -0.15) is 0 Å². The van der Waals surface area contributed by atoms with Crippen molar-refractivity contribution in [1.29, 1.82) is 0 Å². The second-order valence-corrected chi connectivity index (χ2v) is 5.20. The van der Waals surface area contributed by atoms with E-state index in [1.165, 1.54) is 24.8 Å². The first kappa shape index (κ1) is 12.1. The molecule has 88 valence electrons. The van der Waals surface area contributed by atoms with Gasteiger partial charge in [0.1, 0.15) is 0 Å². The molecule has 1 aromatic rings. The van der Waals surface area contributed by atoms with Gasteiger partial charge in [-0.25, -0.2) is 0 Å². The van der Waals surface area contributed by atoms with Crippen molar-refractivity contribution in [2.75, 3.05) is 13.6 Å². The Morgan fingerprint density at radius 2 is 2.06 bits per heavy atom. The van der Waals surface area contributed by atoms with E-state index in [-0.39, 0.29) is 6.10 Å². The van der Waals surface area contributed by atoms with Crippen LogP contribution in [0.1, 0.15) is 30.9 Å². The molecule has 2 nitrogen and oxygen atoms in total. The molecule has 1 aliphatic carbocycles. The van der Waals surface area contributed by atoms with Gasteiger partial charge in [0.25, 0.3) is 0 Å². The van der Waals surface area contributed by atoms with E-state index in [2.05, 4.69) is 45.5 Å². The van der Waals surface area contributed by atoms with E-state index in [4.69, 9.17) is 4.74 Å². The summed E-state index contributed by atoms with van der Waals surface area (Å²) in [4.78, 5) is 0. The molecule has 0 saturated heterocycles. The van der Waals surface area contributed by atoms with Gasteiger partial charge in [-0.15, -0.1) is 0 Å². The van der Waals surface area contributed by atoms with Crippen LogP contribution in [0.5, 0.6) is 0 Å². The van der Waals surface area contributed by atoms with Crippen molar-refractivity contribution >= 4 is 15.9 Å². The van der Waals surface area contributed by atoms with Gasteiger partial charge >= 0.3 is 0 Å². The number of hydrogen-bond acceptors (Lipinski definition) is 2. The zero-order valence-corrected chi connectivity index (χ0v) is 11.2. The minimum Gasteiger partial charge on any atom is -0.369 e. The molecule has 0 aliphatic heterocycles. The first-order chi connectivity index (χ1) is 7.79. The van der Waals surface area contributed by atoms with Gasteiger partial charge in [0.2, 0.25) is 0 Å². The van der Waals surface area contributed by atoms with Gasteiger partial charge in [-0.05, 0) is 44.0 Å². The van der Waals surface area contributed by atoms with Crippen LogP contribution in [-0.4, -0.2) is 19.7 Å². The lowest BCUT2D eigenvalue weighted by Gasteiger charge is -2.30. The Balaban J connectivity index is 2.01. The Bertz CT molecular complexity index is 321. The predicted octanol–water partition coefficient (Wildman–Crippen LogP) is 3.28. The third kappa shape index (κ3) is 3.06. The summed E-state index contributed by atoms with van der Waals surface area (Å²) < 4.78 is 7.19. The van der Waals surface area contributed by atoms with E-state index in [9.17, 15) is 0 Å². The van der Waals surface area contributed by atoms with Crippen LogP contribution in [0.2, 0.25) is 0 Å².